The number of benzene rings is 1. The summed E-state index contributed by atoms with van der Waals surface area (Å²) in [5, 5.41) is 8.71. The molecule has 0 heterocycles. The Kier molecular flexibility index (Phi) is 6.80. The van der Waals surface area contributed by atoms with Gasteiger partial charge in [-0.3, -0.25) is 4.79 Å². The lowest BCUT2D eigenvalue weighted by molar-refractivity contribution is -0.130. The van der Waals surface area contributed by atoms with Gasteiger partial charge in [0.15, 0.2) is 11.6 Å². The summed E-state index contributed by atoms with van der Waals surface area (Å²) >= 11 is 0.908. The monoisotopic (exact) mass is 311 g/mol. The molecule has 0 atom stereocenters. The second-order valence-corrected chi connectivity index (χ2v) is 4.87. The van der Waals surface area contributed by atoms with E-state index in [2.05, 4.69) is 0 Å². The minimum atomic E-state index is -2.70. The number of thioether (sulfide) groups is 1. The average molecular weight is 311 g/mol. The van der Waals surface area contributed by atoms with Gasteiger partial charge in [0, 0.05) is 11.4 Å². The normalized spacial score (nSPS) is 10.9. The third-order valence-corrected chi connectivity index (χ3v) is 3.31. The molecule has 0 aromatic heterocycles. The zero-order valence-electron chi connectivity index (χ0n) is 10.4. The molecule has 0 fully saturated rings. The molecule has 0 radical (unpaired) electrons. The van der Waals surface area contributed by atoms with Crippen molar-refractivity contribution in [1.82, 2.24) is 4.90 Å². The Morgan fingerprint density at radius 3 is 2.55 bits per heavy atom. The molecule has 0 saturated carbocycles. The highest BCUT2D eigenvalue weighted by Gasteiger charge is 2.18. The van der Waals surface area contributed by atoms with Gasteiger partial charge < -0.3 is 10.0 Å². The molecule has 20 heavy (non-hydrogen) atoms. The number of hydrogen-bond acceptors (Lipinski definition) is 3. The fourth-order valence-corrected chi connectivity index (χ4v) is 2.23. The van der Waals surface area contributed by atoms with Crippen LogP contribution in [0.3, 0.4) is 0 Å². The van der Waals surface area contributed by atoms with Crippen molar-refractivity contribution in [2.75, 3.05) is 25.4 Å². The lowest BCUT2D eigenvalue weighted by atomic mass is 10.3. The standard InChI is InChI=1S/C12H13F4NO2S/c13-9-2-1-8(5-10(9)14)20-7-12(19)17(3-4-18)6-11(15)16/h1-2,5,11,18H,3-4,6-7H2. The van der Waals surface area contributed by atoms with E-state index in [9.17, 15) is 22.4 Å². The molecule has 8 heteroatoms. The minimum absolute atomic E-state index is 0.193. The van der Waals surface area contributed by atoms with E-state index in [1.165, 1.54) is 6.07 Å². The van der Waals surface area contributed by atoms with E-state index < -0.39 is 37.1 Å². The molecule has 3 nitrogen and oxygen atoms in total. The van der Waals surface area contributed by atoms with Crippen LogP contribution in [-0.4, -0.2) is 47.8 Å². The quantitative estimate of drug-likeness (QED) is 0.619. The lowest BCUT2D eigenvalue weighted by Gasteiger charge is -2.21. The Balaban J connectivity index is 2.57. The molecule has 0 unspecified atom stereocenters. The Morgan fingerprint density at radius 2 is 2.00 bits per heavy atom. The maximum atomic E-state index is 12.9. The third-order valence-electron chi connectivity index (χ3n) is 2.33. The van der Waals surface area contributed by atoms with E-state index in [-0.39, 0.29) is 12.3 Å². The summed E-state index contributed by atoms with van der Waals surface area (Å²) in [6.45, 7) is -1.38. The first-order valence-corrected chi connectivity index (χ1v) is 6.67. The van der Waals surface area contributed by atoms with Crippen LogP contribution in [0.25, 0.3) is 0 Å². The van der Waals surface area contributed by atoms with E-state index in [0.717, 1.165) is 28.8 Å². The third kappa shape index (κ3) is 5.38. The van der Waals surface area contributed by atoms with Crippen molar-refractivity contribution in [1.29, 1.82) is 0 Å². The summed E-state index contributed by atoms with van der Waals surface area (Å²) in [6.07, 6.45) is -2.70. The van der Waals surface area contributed by atoms with Gasteiger partial charge in [0.05, 0.1) is 18.9 Å². The van der Waals surface area contributed by atoms with Gasteiger partial charge in [-0.25, -0.2) is 17.6 Å². The zero-order valence-corrected chi connectivity index (χ0v) is 11.2. The van der Waals surface area contributed by atoms with Crippen molar-refractivity contribution in [3.63, 3.8) is 0 Å². The van der Waals surface area contributed by atoms with E-state index in [4.69, 9.17) is 5.11 Å². The van der Waals surface area contributed by atoms with E-state index in [0.29, 0.717) is 4.90 Å². The Morgan fingerprint density at radius 1 is 1.30 bits per heavy atom. The van der Waals surface area contributed by atoms with Crippen LogP contribution in [0.15, 0.2) is 23.1 Å². The summed E-state index contributed by atoms with van der Waals surface area (Å²) in [7, 11) is 0. The van der Waals surface area contributed by atoms with Crippen molar-refractivity contribution in [3.8, 4) is 0 Å². The predicted octanol–water partition coefficient (Wildman–Crippen LogP) is 2.14. The first-order chi connectivity index (χ1) is 9.43. The molecular weight excluding hydrogens is 298 g/mol. The number of rotatable bonds is 7. The van der Waals surface area contributed by atoms with Gasteiger partial charge in [-0.15, -0.1) is 11.8 Å². The molecular formula is C12H13F4NO2S. The molecule has 1 amide bonds. The molecule has 1 aromatic carbocycles. The Hall–Kier alpha value is -1.28. The van der Waals surface area contributed by atoms with Gasteiger partial charge >= 0.3 is 0 Å². The summed E-state index contributed by atoms with van der Waals surface area (Å²) in [4.78, 5) is 12.8. The van der Waals surface area contributed by atoms with Gasteiger partial charge in [0.1, 0.15) is 0 Å². The van der Waals surface area contributed by atoms with Crippen LogP contribution in [0.2, 0.25) is 0 Å². The molecule has 112 valence electrons. The van der Waals surface area contributed by atoms with Crippen LogP contribution in [-0.2, 0) is 4.79 Å². The SMILES string of the molecule is O=C(CSc1ccc(F)c(F)c1)N(CCO)CC(F)F. The number of halogens is 4. The van der Waals surface area contributed by atoms with E-state index in [1.807, 2.05) is 0 Å². The predicted molar refractivity (Wildman–Crippen MR) is 66.8 cm³/mol. The van der Waals surface area contributed by atoms with Crippen molar-refractivity contribution >= 4 is 17.7 Å². The van der Waals surface area contributed by atoms with Crippen LogP contribution >= 0.6 is 11.8 Å². The van der Waals surface area contributed by atoms with Crippen molar-refractivity contribution < 1.29 is 27.5 Å². The molecule has 0 aliphatic heterocycles. The van der Waals surface area contributed by atoms with Crippen molar-refractivity contribution in [2.45, 2.75) is 11.3 Å². The zero-order chi connectivity index (χ0) is 15.1. The number of aliphatic hydroxyl groups is 1. The number of carbonyl (C=O) groups excluding carboxylic acids is 1. The smallest absolute Gasteiger partial charge is 0.255 e. The fourth-order valence-electron chi connectivity index (χ4n) is 1.41. The number of hydrogen-bond donors (Lipinski definition) is 1. The Bertz CT molecular complexity index is 459. The molecule has 1 aromatic rings. The molecule has 0 spiro atoms. The van der Waals surface area contributed by atoms with Crippen molar-refractivity contribution in [3.05, 3.63) is 29.8 Å². The summed E-state index contributed by atoms with van der Waals surface area (Å²) < 4.78 is 50.1. The van der Waals surface area contributed by atoms with Gasteiger partial charge in [-0.05, 0) is 18.2 Å². The fraction of sp³-hybridized carbons (Fsp3) is 0.417. The molecule has 1 rings (SSSR count). The largest absolute Gasteiger partial charge is 0.395 e. The summed E-state index contributed by atoms with van der Waals surface area (Å²) in [6, 6.07) is 3.14. The number of alkyl halides is 2. The van der Waals surface area contributed by atoms with Crippen LogP contribution < -0.4 is 0 Å². The van der Waals surface area contributed by atoms with Gasteiger partial charge in [-0.1, -0.05) is 0 Å². The summed E-state index contributed by atoms with van der Waals surface area (Å²) in [5.74, 6) is -2.84. The van der Waals surface area contributed by atoms with Crippen LogP contribution in [0.1, 0.15) is 0 Å². The maximum Gasteiger partial charge on any atom is 0.255 e. The second kappa shape index (κ2) is 8.11. The highest BCUT2D eigenvalue weighted by molar-refractivity contribution is 8.00. The second-order valence-electron chi connectivity index (χ2n) is 3.82. The first kappa shape index (κ1) is 16.8. The highest BCUT2D eigenvalue weighted by atomic mass is 32.2. The van der Waals surface area contributed by atoms with Crippen LogP contribution in [0.4, 0.5) is 17.6 Å². The van der Waals surface area contributed by atoms with E-state index in [1.54, 1.807) is 0 Å². The molecule has 0 aliphatic carbocycles. The maximum absolute atomic E-state index is 12.9. The highest BCUT2D eigenvalue weighted by Crippen LogP contribution is 2.20. The average Bonchev–Trinajstić information content (AvgIpc) is 2.39. The number of amides is 1. The van der Waals surface area contributed by atoms with E-state index >= 15 is 0 Å². The first-order valence-electron chi connectivity index (χ1n) is 5.68. The molecule has 0 aliphatic rings. The lowest BCUT2D eigenvalue weighted by Crippen LogP contribution is -2.38. The number of carbonyl (C=O) groups is 1. The summed E-state index contributed by atoms with van der Waals surface area (Å²) in [5.41, 5.74) is 0. The molecule has 0 saturated heterocycles. The van der Waals surface area contributed by atoms with Crippen molar-refractivity contribution in [2.24, 2.45) is 0 Å². The topological polar surface area (TPSA) is 40.5 Å². The number of aliphatic hydroxyl groups excluding tert-OH is 1. The minimum Gasteiger partial charge on any atom is -0.395 e. The Labute approximate surface area is 117 Å². The molecule has 0 bridgehead atoms. The van der Waals surface area contributed by atoms with Gasteiger partial charge in [0.2, 0.25) is 5.91 Å². The van der Waals surface area contributed by atoms with Crippen LogP contribution in [0.5, 0.6) is 0 Å². The van der Waals surface area contributed by atoms with Gasteiger partial charge in [-0.2, -0.15) is 0 Å². The molecule has 1 N–H and O–H groups in total. The number of nitrogens with zero attached hydrogens (tertiary/aromatic N) is 1. The van der Waals surface area contributed by atoms with Crippen LogP contribution in [0, 0.1) is 11.6 Å². The van der Waals surface area contributed by atoms with Gasteiger partial charge in [0.25, 0.3) is 6.43 Å².